The Morgan fingerprint density at radius 2 is 2.11 bits per heavy atom. The number of aliphatic hydroxyl groups excluding tert-OH is 1. The zero-order chi connectivity index (χ0) is 13.7. The van der Waals surface area contributed by atoms with Gasteiger partial charge in [-0.25, -0.2) is 0 Å². The average molecular weight is 381 g/mol. The maximum Gasteiger partial charge on any atom is 0.287 e. The number of hydrogen-bond donors (Lipinski definition) is 1. The van der Waals surface area contributed by atoms with Gasteiger partial charge in [0, 0.05) is 5.56 Å². The molecule has 0 radical (unpaired) electrons. The van der Waals surface area contributed by atoms with Crippen molar-refractivity contribution < 1.29 is 14.8 Å². The fourth-order valence-corrected chi connectivity index (χ4v) is 2.78. The molecule has 1 aromatic rings. The van der Waals surface area contributed by atoms with Gasteiger partial charge in [0.25, 0.3) is 5.69 Å². The first kappa shape index (κ1) is 13.8. The van der Waals surface area contributed by atoms with E-state index >= 15 is 0 Å². The summed E-state index contributed by atoms with van der Waals surface area (Å²) in [6.45, 7) is 3.62. The van der Waals surface area contributed by atoms with Gasteiger partial charge in [-0.2, -0.15) is 0 Å². The molecule has 0 bridgehead atoms. The molecule has 1 aromatic carbocycles. The van der Waals surface area contributed by atoms with E-state index in [1.54, 1.807) is 0 Å². The van der Waals surface area contributed by atoms with Crippen LogP contribution in [0.15, 0.2) is 16.6 Å². The van der Waals surface area contributed by atoms with Gasteiger partial charge in [0.1, 0.15) is 11.4 Å². The largest absolute Gasteiger partial charge is 0.486 e. The van der Waals surface area contributed by atoms with Crippen LogP contribution in [0, 0.1) is 10.1 Å². The standard InChI is InChI=1S/C11H11Br2NO4/c1-11(2)10(13)9(15)5-3-6(12)7(14(16)17)4-8(5)18-11/h3-4,9-10,15H,1-2H3/t9-,10+/m1/s1. The van der Waals surface area contributed by atoms with Crippen molar-refractivity contribution in [1.82, 2.24) is 0 Å². The van der Waals surface area contributed by atoms with Gasteiger partial charge < -0.3 is 9.84 Å². The molecule has 18 heavy (non-hydrogen) atoms. The Kier molecular flexibility index (Phi) is 3.42. The smallest absolute Gasteiger partial charge is 0.287 e. The maximum atomic E-state index is 10.9. The molecule has 0 spiro atoms. The molecule has 0 aromatic heterocycles. The summed E-state index contributed by atoms with van der Waals surface area (Å²) in [6, 6.07) is 2.87. The number of nitro benzene ring substituents is 1. The molecular weight excluding hydrogens is 370 g/mol. The lowest BCUT2D eigenvalue weighted by molar-refractivity contribution is -0.385. The molecule has 7 heteroatoms. The second-order valence-corrected chi connectivity index (χ2v) is 6.49. The Labute approximate surface area is 121 Å². The van der Waals surface area contributed by atoms with E-state index in [4.69, 9.17) is 4.74 Å². The summed E-state index contributed by atoms with van der Waals surface area (Å²) in [5.41, 5.74) is -0.188. The third-order valence-electron chi connectivity index (χ3n) is 2.91. The summed E-state index contributed by atoms with van der Waals surface area (Å²) in [7, 11) is 0. The van der Waals surface area contributed by atoms with E-state index in [2.05, 4.69) is 31.9 Å². The van der Waals surface area contributed by atoms with Crippen LogP contribution in [0.25, 0.3) is 0 Å². The molecule has 5 nitrogen and oxygen atoms in total. The Morgan fingerprint density at radius 1 is 1.50 bits per heavy atom. The Balaban J connectivity index is 2.58. The molecule has 0 fully saturated rings. The second-order valence-electron chi connectivity index (χ2n) is 4.65. The lowest BCUT2D eigenvalue weighted by Gasteiger charge is -2.40. The summed E-state index contributed by atoms with van der Waals surface area (Å²) < 4.78 is 6.04. The van der Waals surface area contributed by atoms with Gasteiger partial charge in [-0.1, -0.05) is 15.9 Å². The minimum Gasteiger partial charge on any atom is -0.486 e. The Bertz CT molecular complexity index is 518. The first-order chi connectivity index (χ1) is 8.24. The number of halogens is 2. The summed E-state index contributed by atoms with van der Waals surface area (Å²) in [6.07, 6.45) is -0.777. The monoisotopic (exact) mass is 379 g/mol. The fraction of sp³-hybridized carbons (Fsp3) is 0.455. The van der Waals surface area contributed by atoms with Crippen LogP contribution in [0.2, 0.25) is 0 Å². The van der Waals surface area contributed by atoms with Crippen LogP contribution in [-0.2, 0) is 0 Å². The summed E-state index contributed by atoms with van der Waals surface area (Å²) in [5, 5.41) is 21.1. The van der Waals surface area contributed by atoms with Crippen molar-refractivity contribution in [3.63, 3.8) is 0 Å². The van der Waals surface area contributed by atoms with Crippen molar-refractivity contribution in [3.8, 4) is 5.75 Å². The zero-order valence-corrected chi connectivity index (χ0v) is 12.9. The lowest BCUT2D eigenvalue weighted by atomic mass is 9.91. The number of hydrogen-bond acceptors (Lipinski definition) is 4. The average Bonchev–Trinajstić information content (AvgIpc) is 2.26. The fourth-order valence-electron chi connectivity index (χ4n) is 1.90. The normalized spacial score (nSPS) is 25.2. The van der Waals surface area contributed by atoms with Crippen LogP contribution in [0.3, 0.4) is 0 Å². The highest BCUT2D eigenvalue weighted by atomic mass is 79.9. The molecule has 98 valence electrons. The van der Waals surface area contributed by atoms with Gasteiger partial charge in [-0.3, -0.25) is 10.1 Å². The molecule has 1 aliphatic heterocycles. The van der Waals surface area contributed by atoms with Gasteiger partial charge in [-0.05, 0) is 35.8 Å². The molecule has 1 aliphatic rings. The third kappa shape index (κ3) is 2.15. The van der Waals surface area contributed by atoms with E-state index in [0.29, 0.717) is 15.8 Å². The summed E-state index contributed by atoms with van der Waals surface area (Å²) in [4.78, 5) is 10.1. The highest BCUT2D eigenvalue weighted by Crippen LogP contribution is 2.46. The van der Waals surface area contributed by atoms with Crippen molar-refractivity contribution in [2.24, 2.45) is 0 Å². The van der Waals surface area contributed by atoms with Crippen LogP contribution in [0.4, 0.5) is 5.69 Å². The van der Waals surface area contributed by atoms with E-state index in [0.717, 1.165) is 0 Å². The number of benzene rings is 1. The van der Waals surface area contributed by atoms with Gasteiger partial charge >= 0.3 is 0 Å². The molecule has 0 saturated carbocycles. The molecule has 0 saturated heterocycles. The van der Waals surface area contributed by atoms with Gasteiger partial charge in [0.05, 0.1) is 26.4 Å². The van der Waals surface area contributed by atoms with E-state index in [1.165, 1.54) is 12.1 Å². The molecule has 2 atom stereocenters. The number of aliphatic hydroxyl groups is 1. The second kappa shape index (κ2) is 4.47. The van der Waals surface area contributed by atoms with Crippen molar-refractivity contribution in [2.75, 3.05) is 0 Å². The third-order valence-corrected chi connectivity index (χ3v) is 5.15. The lowest BCUT2D eigenvalue weighted by Crippen LogP contribution is -2.45. The number of nitro groups is 1. The van der Waals surface area contributed by atoms with Crippen molar-refractivity contribution in [2.45, 2.75) is 30.4 Å². The molecule has 0 unspecified atom stereocenters. The molecule has 0 amide bonds. The van der Waals surface area contributed by atoms with Crippen LogP contribution in [0.1, 0.15) is 25.5 Å². The van der Waals surface area contributed by atoms with Crippen molar-refractivity contribution in [3.05, 3.63) is 32.3 Å². The predicted molar refractivity (Wildman–Crippen MR) is 73.2 cm³/mol. The van der Waals surface area contributed by atoms with Gasteiger partial charge in [-0.15, -0.1) is 0 Å². The van der Waals surface area contributed by atoms with Crippen molar-refractivity contribution in [1.29, 1.82) is 0 Å². The highest BCUT2D eigenvalue weighted by Gasteiger charge is 2.42. The molecule has 2 rings (SSSR count). The molecular formula is C11H11Br2NO4. The molecule has 1 N–H and O–H groups in total. The van der Waals surface area contributed by atoms with E-state index < -0.39 is 16.6 Å². The minimum absolute atomic E-state index is 0.0789. The van der Waals surface area contributed by atoms with Crippen molar-refractivity contribution >= 4 is 37.5 Å². The predicted octanol–water partition coefficient (Wildman–Crippen LogP) is 3.33. The Morgan fingerprint density at radius 3 is 2.67 bits per heavy atom. The summed E-state index contributed by atoms with van der Waals surface area (Å²) in [5.74, 6) is 0.345. The van der Waals surface area contributed by atoms with Crippen LogP contribution in [0.5, 0.6) is 5.75 Å². The number of fused-ring (bicyclic) bond motifs is 1. The molecule has 1 heterocycles. The van der Waals surface area contributed by atoms with Gasteiger partial charge in [0.15, 0.2) is 0 Å². The van der Waals surface area contributed by atoms with Crippen LogP contribution < -0.4 is 4.74 Å². The van der Waals surface area contributed by atoms with Crippen LogP contribution in [-0.4, -0.2) is 20.5 Å². The number of rotatable bonds is 1. The topological polar surface area (TPSA) is 72.6 Å². The number of alkyl halides is 1. The summed E-state index contributed by atoms with van der Waals surface area (Å²) >= 11 is 6.52. The van der Waals surface area contributed by atoms with E-state index in [9.17, 15) is 15.2 Å². The quantitative estimate of drug-likeness (QED) is 0.460. The van der Waals surface area contributed by atoms with E-state index in [1.807, 2.05) is 13.8 Å². The van der Waals surface area contributed by atoms with E-state index in [-0.39, 0.29) is 10.5 Å². The highest BCUT2D eigenvalue weighted by molar-refractivity contribution is 9.10. The zero-order valence-electron chi connectivity index (χ0n) is 9.68. The SMILES string of the molecule is CC1(C)Oc2cc([N+](=O)[O-])c(Br)cc2[C@@H](O)[C@@H]1Br. The maximum absolute atomic E-state index is 10.9. The number of ether oxygens (including phenoxy) is 1. The minimum atomic E-state index is -0.777. The first-order valence-electron chi connectivity index (χ1n) is 5.23. The Hall–Kier alpha value is -0.660. The number of nitrogens with zero attached hydrogens (tertiary/aromatic N) is 1. The van der Waals surface area contributed by atoms with Crippen LogP contribution >= 0.6 is 31.9 Å². The van der Waals surface area contributed by atoms with Gasteiger partial charge in [0.2, 0.25) is 0 Å². The molecule has 0 aliphatic carbocycles. The first-order valence-corrected chi connectivity index (χ1v) is 6.94.